The van der Waals surface area contributed by atoms with Gasteiger partial charge in [-0.25, -0.2) is 8.42 Å². The molecular formula is C22H23ClN4O3S2. The third-order valence-electron chi connectivity index (χ3n) is 5.53. The van der Waals surface area contributed by atoms with E-state index in [1.807, 2.05) is 31.2 Å². The number of carbonyl (C=O) groups is 1. The molecule has 0 saturated carbocycles. The smallest absolute Gasteiger partial charge is 0.243 e. The molecule has 0 bridgehead atoms. The molecule has 0 atom stereocenters. The largest absolute Gasteiger partial charge is 0.300 e. The van der Waals surface area contributed by atoms with Crippen molar-refractivity contribution in [3.63, 3.8) is 0 Å². The molecule has 1 fully saturated rings. The van der Waals surface area contributed by atoms with Crippen molar-refractivity contribution in [2.75, 3.05) is 18.4 Å². The first-order valence-corrected chi connectivity index (χ1v) is 12.9. The summed E-state index contributed by atoms with van der Waals surface area (Å²) >= 11 is 7.46. The second-order valence-electron chi connectivity index (χ2n) is 7.83. The van der Waals surface area contributed by atoms with Crippen molar-refractivity contribution in [3.05, 3.63) is 58.6 Å². The minimum absolute atomic E-state index is 0.171. The van der Waals surface area contributed by atoms with Crippen molar-refractivity contribution in [1.82, 2.24) is 14.5 Å². The zero-order valence-electron chi connectivity index (χ0n) is 17.7. The summed E-state index contributed by atoms with van der Waals surface area (Å²) in [7, 11) is -3.58. The Morgan fingerprint density at radius 1 is 1.12 bits per heavy atom. The van der Waals surface area contributed by atoms with Crippen molar-refractivity contribution < 1.29 is 13.2 Å². The molecule has 0 aliphatic carbocycles. The average Bonchev–Trinajstić information content (AvgIpc) is 3.22. The number of hydrogen-bond acceptors (Lipinski definition) is 6. The van der Waals surface area contributed by atoms with Crippen LogP contribution in [0, 0.1) is 19.8 Å². The molecule has 1 aliphatic rings. The first kappa shape index (κ1) is 22.8. The van der Waals surface area contributed by atoms with Gasteiger partial charge < -0.3 is 5.32 Å². The standard InChI is InChI=1S/C22H23ClN4O3S2/c1-14-7-8-19(15(2)13-14)32(29,30)27-11-9-16(10-12-27)20(28)24-22-26-25-21(31-22)17-5-3-4-6-18(17)23/h3-8,13,16H,9-12H2,1-2H3,(H,24,26,28). The number of halogens is 1. The van der Waals surface area contributed by atoms with Crippen LogP contribution in [0.2, 0.25) is 5.02 Å². The lowest BCUT2D eigenvalue weighted by molar-refractivity contribution is -0.120. The summed E-state index contributed by atoms with van der Waals surface area (Å²) in [4.78, 5) is 13.1. The van der Waals surface area contributed by atoms with Crippen LogP contribution in [-0.4, -0.2) is 41.9 Å². The SMILES string of the molecule is Cc1ccc(S(=O)(=O)N2CCC(C(=O)Nc3nnc(-c4ccccc4Cl)s3)CC2)c(C)c1. The Balaban J connectivity index is 1.38. The van der Waals surface area contributed by atoms with Gasteiger partial charge in [-0.2, -0.15) is 4.31 Å². The molecule has 1 aliphatic heterocycles. The molecule has 10 heteroatoms. The average molecular weight is 491 g/mol. The van der Waals surface area contributed by atoms with Crippen LogP contribution in [0.1, 0.15) is 24.0 Å². The highest BCUT2D eigenvalue weighted by molar-refractivity contribution is 7.89. The van der Waals surface area contributed by atoms with Gasteiger partial charge in [0, 0.05) is 24.6 Å². The normalized spacial score (nSPS) is 15.6. The van der Waals surface area contributed by atoms with Gasteiger partial charge in [-0.15, -0.1) is 10.2 Å². The van der Waals surface area contributed by atoms with Gasteiger partial charge in [0.15, 0.2) is 5.01 Å². The maximum absolute atomic E-state index is 13.0. The molecule has 32 heavy (non-hydrogen) atoms. The summed E-state index contributed by atoms with van der Waals surface area (Å²) in [6.45, 7) is 4.34. The number of nitrogens with one attached hydrogen (secondary N) is 1. The summed E-state index contributed by atoms with van der Waals surface area (Å²) in [6, 6.07) is 12.6. The number of aromatic nitrogens is 2. The number of amides is 1. The highest BCUT2D eigenvalue weighted by atomic mass is 35.5. The summed E-state index contributed by atoms with van der Waals surface area (Å²) < 4.78 is 27.6. The zero-order valence-corrected chi connectivity index (χ0v) is 20.1. The molecule has 2 heterocycles. The second kappa shape index (κ2) is 9.27. The number of nitrogens with zero attached hydrogens (tertiary/aromatic N) is 3. The second-order valence-corrected chi connectivity index (χ2v) is 11.1. The molecular weight excluding hydrogens is 468 g/mol. The van der Waals surface area contributed by atoms with Crippen LogP contribution in [0.25, 0.3) is 10.6 Å². The van der Waals surface area contributed by atoms with E-state index >= 15 is 0 Å². The molecule has 0 spiro atoms. The van der Waals surface area contributed by atoms with Crippen LogP contribution in [-0.2, 0) is 14.8 Å². The van der Waals surface area contributed by atoms with E-state index < -0.39 is 10.0 Å². The molecule has 1 N–H and O–H groups in total. The Hall–Kier alpha value is -2.33. The van der Waals surface area contributed by atoms with Gasteiger partial charge in [-0.05, 0) is 44.4 Å². The molecule has 1 amide bonds. The Bertz CT molecular complexity index is 1250. The number of benzene rings is 2. The maximum atomic E-state index is 13.0. The fraction of sp³-hybridized carbons (Fsp3) is 0.318. The number of sulfonamides is 1. The maximum Gasteiger partial charge on any atom is 0.243 e. The molecule has 0 radical (unpaired) electrons. The predicted octanol–water partition coefficient (Wildman–Crippen LogP) is 4.51. The first-order valence-electron chi connectivity index (χ1n) is 10.2. The highest BCUT2D eigenvalue weighted by Gasteiger charge is 2.33. The molecule has 7 nitrogen and oxygen atoms in total. The Kier molecular flexibility index (Phi) is 6.62. The van der Waals surface area contributed by atoms with E-state index in [4.69, 9.17) is 11.6 Å². The lowest BCUT2D eigenvalue weighted by Gasteiger charge is -2.30. The number of hydrogen-bond donors (Lipinski definition) is 1. The minimum atomic E-state index is -3.58. The van der Waals surface area contributed by atoms with E-state index in [1.165, 1.54) is 15.6 Å². The van der Waals surface area contributed by atoms with E-state index in [2.05, 4.69) is 15.5 Å². The van der Waals surface area contributed by atoms with Crippen molar-refractivity contribution in [2.24, 2.45) is 5.92 Å². The van der Waals surface area contributed by atoms with E-state index in [0.717, 1.165) is 16.7 Å². The lowest BCUT2D eigenvalue weighted by Crippen LogP contribution is -2.41. The van der Waals surface area contributed by atoms with Gasteiger partial charge >= 0.3 is 0 Å². The highest BCUT2D eigenvalue weighted by Crippen LogP contribution is 2.32. The molecule has 4 rings (SSSR count). The van der Waals surface area contributed by atoms with Crippen LogP contribution in [0.3, 0.4) is 0 Å². The van der Waals surface area contributed by atoms with Crippen LogP contribution < -0.4 is 5.32 Å². The zero-order chi connectivity index (χ0) is 22.9. The summed E-state index contributed by atoms with van der Waals surface area (Å²) in [5.41, 5.74) is 2.51. The van der Waals surface area contributed by atoms with E-state index in [9.17, 15) is 13.2 Å². The first-order chi connectivity index (χ1) is 15.3. The van der Waals surface area contributed by atoms with E-state index in [1.54, 1.807) is 25.1 Å². The van der Waals surface area contributed by atoms with Gasteiger partial charge in [0.05, 0.1) is 9.92 Å². The Morgan fingerprint density at radius 2 is 1.84 bits per heavy atom. The molecule has 1 saturated heterocycles. The lowest BCUT2D eigenvalue weighted by atomic mass is 9.97. The molecule has 0 unspecified atom stereocenters. The number of anilines is 1. The monoisotopic (exact) mass is 490 g/mol. The molecule has 168 valence electrons. The summed E-state index contributed by atoms with van der Waals surface area (Å²) in [6.07, 6.45) is 0.901. The van der Waals surface area contributed by atoms with Crippen molar-refractivity contribution in [1.29, 1.82) is 0 Å². The van der Waals surface area contributed by atoms with Gasteiger partial charge in [-0.1, -0.05) is 58.8 Å². The molecule has 1 aromatic heterocycles. The Labute approximate surface area is 196 Å². The van der Waals surface area contributed by atoms with Crippen molar-refractivity contribution in [2.45, 2.75) is 31.6 Å². The van der Waals surface area contributed by atoms with Gasteiger partial charge in [0.2, 0.25) is 21.1 Å². The van der Waals surface area contributed by atoms with Crippen LogP contribution in [0.5, 0.6) is 0 Å². The predicted molar refractivity (Wildman–Crippen MR) is 126 cm³/mol. The van der Waals surface area contributed by atoms with Gasteiger partial charge in [0.1, 0.15) is 0 Å². The van der Waals surface area contributed by atoms with Gasteiger partial charge in [0.25, 0.3) is 0 Å². The molecule has 2 aromatic carbocycles. The fourth-order valence-corrected chi connectivity index (χ4v) is 6.55. The third-order valence-corrected chi connectivity index (χ3v) is 8.79. The van der Waals surface area contributed by atoms with Crippen molar-refractivity contribution >= 4 is 44.0 Å². The summed E-state index contributed by atoms with van der Waals surface area (Å²) in [5.74, 6) is -0.455. The molecule has 3 aromatic rings. The van der Waals surface area contributed by atoms with Crippen LogP contribution >= 0.6 is 22.9 Å². The quantitative estimate of drug-likeness (QED) is 0.567. The number of piperidine rings is 1. The minimum Gasteiger partial charge on any atom is -0.300 e. The Morgan fingerprint density at radius 3 is 2.53 bits per heavy atom. The van der Waals surface area contributed by atoms with Crippen molar-refractivity contribution in [3.8, 4) is 10.6 Å². The van der Waals surface area contributed by atoms with E-state index in [0.29, 0.717) is 46.0 Å². The fourth-order valence-electron chi connectivity index (χ4n) is 3.81. The summed E-state index contributed by atoms with van der Waals surface area (Å²) in [5, 5.41) is 12.6. The van der Waals surface area contributed by atoms with Crippen LogP contribution in [0.4, 0.5) is 5.13 Å². The van der Waals surface area contributed by atoms with Gasteiger partial charge in [-0.3, -0.25) is 4.79 Å². The topological polar surface area (TPSA) is 92.3 Å². The number of aryl methyl sites for hydroxylation is 2. The van der Waals surface area contributed by atoms with Crippen LogP contribution in [0.15, 0.2) is 47.4 Å². The third kappa shape index (κ3) is 4.71. The van der Waals surface area contributed by atoms with E-state index in [-0.39, 0.29) is 11.8 Å². The number of rotatable bonds is 5. The number of carbonyl (C=O) groups excluding carboxylic acids is 1.